The summed E-state index contributed by atoms with van der Waals surface area (Å²) in [5, 5.41) is 15.4. The Balaban J connectivity index is 1.75. The molecular weight excluding hydrogens is 398 g/mol. The van der Waals surface area contributed by atoms with Gasteiger partial charge in [0, 0.05) is 35.1 Å². The Morgan fingerprint density at radius 2 is 2.00 bits per heavy atom. The number of fused-ring (bicyclic) bond motifs is 1. The first-order chi connectivity index (χ1) is 15.3. The highest BCUT2D eigenvalue weighted by molar-refractivity contribution is 6.00. The second-order valence-electron chi connectivity index (χ2n) is 9.64. The first kappa shape index (κ1) is 20.6. The number of hydrogen-bond donors (Lipinski definition) is 2. The Kier molecular flexibility index (Phi) is 4.59. The first-order valence-corrected chi connectivity index (χ1v) is 11.2. The Labute approximate surface area is 188 Å². The van der Waals surface area contributed by atoms with Gasteiger partial charge in [0.05, 0.1) is 17.2 Å². The average Bonchev–Trinajstić information content (AvgIpc) is 3.22. The number of hydrogen-bond acceptors (Lipinski definition) is 5. The van der Waals surface area contributed by atoms with Gasteiger partial charge in [-0.2, -0.15) is 10.2 Å². The van der Waals surface area contributed by atoms with Crippen molar-refractivity contribution in [3.8, 4) is 11.1 Å². The number of azo groups is 1. The van der Waals surface area contributed by atoms with Gasteiger partial charge in [-0.3, -0.25) is 9.78 Å². The fourth-order valence-electron chi connectivity index (χ4n) is 5.51. The number of amides is 1. The summed E-state index contributed by atoms with van der Waals surface area (Å²) in [5.74, 6) is -0.0156. The first-order valence-electron chi connectivity index (χ1n) is 11.2. The van der Waals surface area contributed by atoms with Gasteiger partial charge in [-0.25, -0.2) is 0 Å². The van der Waals surface area contributed by atoms with Crippen LogP contribution in [-0.4, -0.2) is 22.6 Å². The number of carbonyl (C=O) groups excluding carboxylic acids is 1. The summed E-state index contributed by atoms with van der Waals surface area (Å²) < 4.78 is 0. The van der Waals surface area contributed by atoms with E-state index in [1.54, 1.807) is 0 Å². The molecule has 0 fully saturated rings. The summed E-state index contributed by atoms with van der Waals surface area (Å²) in [6, 6.07) is 10.6. The van der Waals surface area contributed by atoms with Gasteiger partial charge in [-0.1, -0.05) is 25.1 Å². The smallest absolute Gasteiger partial charge is 0.250 e. The number of rotatable bonds is 3. The van der Waals surface area contributed by atoms with Crippen LogP contribution in [0.1, 0.15) is 50.4 Å². The van der Waals surface area contributed by atoms with Crippen molar-refractivity contribution in [1.82, 2.24) is 15.6 Å². The van der Waals surface area contributed by atoms with Crippen molar-refractivity contribution in [3.05, 3.63) is 76.4 Å². The van der Waals surface area contributed by atoms with E-state index in [-0.39, 0.29) is 17.6 Å². The van der Waals surface area contributed by atoms with Gasteiger partial charge < -0.3 is 10.6 Å². The summed E-state index contributed by atoms with van der Waals surface area (Å²) >= 11 is 0. The average molecular weight is 428 g/mol. The number of nitrogens with zero attached hydrogens (tertiary/aromatic N) is 3. The number of nitrogens with one attached hydrogen (secondary N) is 2. The zero-order chi connectivity index (χ0) is 22.7. The van der Waals surface area contributed by atoms with Crippen LogP contribution in [-0.2, 0) is 10.2 Å². The lowest BCUT2D eigenvalue weighted by Gasteiger charge is -2.48. The molecule has 3 aliphatic heterocycles. The van der Waals surface area contributed by atoms with Gasteiger partial charge in [0.2, 0.25) is 0 Å². The summed E-state index contributed by atoms with van der Waals surface area (Å²) in [5.41, 5.74) is 7.49. The van der Waals surface area contributed by atoms with E-state index < -0.39 is 5.41 Å². The predicted octanol–water partition coefficient (Wildman–Crippen LogP) is 4.84. The van der Waals surface area contributed by atoms with E-state index in [9.17, 15) is 4.79 Å². The molecule has 0 radical (unpaired) electrons. The van der Waals surface area contributed by atoms with Gasteiger partial charge in [-0.15, -0.1) is 0 Å². The molecule has 1 aromatic heterocycles. The van der Waals surface area contributed by atoms with Crippen LogP contribution in [0.5, 0.6) is 0 Å². The molecule has 0 aliphatic carbocycles. The normalized spacial score (nSPS) is 25.6. The summed E-state index contributed by atoms with van der Waals surface area (Å²) in [4.78, 5) is 18.0. The molecule has 164 valence electrons. The van der Waals surface area contributed by atoms with Gasteiger partial charge in [0.25, 0.3) is 5.91 Å². The number of carbonyl (C=O) groups is 1. The molecule has 2 aromatic rings. The highest BCUT2D eigenvalue weighted by Gasteiger charge is 2.53. The largest absolute Gasteiger partial charge is 0.362 e. The Hall–Kier alpha value is -3.28. The molecule has 32 heavy (non-hydrogen) atoms. The zero-order valence-electron chi connectivity index (χ0n) is 19.3. The van der Waals surface area contributed by atoms with E-state index in [1.807, 2.05) is 19.3 Å². The summed E-state index contributed by atoms with van der Waals surface area (Å²) in [7, 11) is 0. The van der Waals surface area contributed by atoms with Crippen molar-refractivity contribution in [2.75, 3.05) is 0 Å². The van der Waals surface area contributed by atoms with Gasteiger partial charge in [0.1, 0.15) is 0 Å². The number of aryl methyl sites for hydroxylation is 1. The van der Waals surface area contributed by atoms with Gasteiger partial charge in [0.15, 0.2) is 6.17 Å². The van der Waals surface area contributed by atoms with Crippen molar-refractivity contribution in [1.29, 1.82) is 0 Å². The highest BCUT2D eigenvalue weighted by atomic mass is 16.2. The van der Waals surface area contributed by atoms with Crippen LogP contribution >= 0.6 is 0 Å². The maximum atomic E-state index is 13.5. The van der Waals surface area contributed by atoms with Crippen molar-refractivity contribution in [3.63, 3.8) is 0 Å². The number of aromatic nitrogens is 1. The Morgan fingerprint density at radius 1 is 1.19 bits per heavy atom. The SMILES string of the molecule is CCC1(c2cccc(-c3ccnc(C)c3C)c2)C2=CN=NC2NC2=C1C(=O)NC(C)(C)C2. The molecule has 4 heterocycles. The van der Waals surface area contributed by atoms with Crippen LogP contribution in [0.15, 0.2) is 69.8 Å². The quantitative estimate of drug-likeness (QED) is 0.735. The Morgan fingerprint density at radius 3 is 2.78 bits per heavy atom. The fourth-order valence-corrected chi connectivity index (χ4v) is 5.51. The third-order valence-corrected chi connectivity index (χ3v) is 7.16. The van der Waals surface area contributed by atoms with E-state index in [4.69, 9.17) is 0 Å². The lowest BCUT2D eigenvalue weighted by molar-refractivity contribution is -0.120. The molecule has 2 atom stereocenters. The molecule has 2 unspecified atom stereocenters. The van der Waals surface area contributed by atoms with E-state index in [0.717, 1.165) is 52.1 Å². The summed E-state index contributed by atoms with van der Waals surface area (Å²) in [6.07, 6.45) is 4.94. The van der Waals surface area contributed by atoms with Crippen LogP contribution in [0, 0.1) is 13.8 Å². The van der Waals surface area contributed by atoms with E-state index >= 15 is 0 Å². The van der Waals surface area contributed by atoms with Crippen molar-refractivity contribution in [2.24, 2.45) is 10.2 Å². The van der Waals surface area contributed by atoms with Crippen LogP contribution in [0.25, 0.3) is 11.1 Å². The summed E-state index contributed by atoms with van der Waals surface area (Å²) in [6.45, 7) is 10.4. The molecular formula is C26H29N5O. The lowest BCUT2D eigenvalue weighted by Crippen LogP contribution is -2.58. The third-order valence-electron chi connectivity index (χ3n) is 7.16. The molecule has 0 spiro atoms. The van der Waals surface area contributed by atoms with Crippen LogP contribution in [0.4, 0.5) is 0 Å². The van der Waals surface area contributed by atoms with Crippen molar-refractivity contribution >= 4 is 5.91 Å². The van der Waals surface area contributed by atoms with Crippen LogP contribution in [0.2, 0.25) is 0 Å². The maximum Gasteiger partial charge on any atom is 0.250 e. The zero-order valence-corrected chi connectivity index (χ0v) is 19.3. The topological polar surface area (TPSA) is 78.7 Å². The Bertz CT molecular complexity index is 1220. The minimum Gasteiger partial charge on any atom is -0.362 e. The molecule has 6 nitrogen and oxygen atoms in total. The standard InChI is InChI=1S/C26H29N5O/c1-6-26(18-9-7-8-17(12-18)19-10-11-27-16(3)15(19)2)20-14-28-31-23(20)29-21-13-25(4,5)30-24(32)22(21)26/h7-12,14,23,29H,6,13H2,1-5H3,(H,30,32). The van der Waals surface area contributed by atoms with E-state index in [2.05, 4.69) is 83.9 Å². The van der Waals surface area contributed by atoms with Gasteiger partial charge >= 0.3 is 0 Å². The second kappa shape index (κ2) is 7.12. The van der Waals surface area contributed by atoms with Crippen LogP contribution < -0.4 is 10.6 Å². The van der Waals surface area contributed by atoms with E-state index in [0.29, 0.717) is 0 Å². The molecule has 1 amide bonds. The molecule has 3 aliphatic rings. The van der Waals surface area contributed by atoms with Crippen molar-refractivity contribution < 1.29 is 4.79 Å². The molecule has 2 N–H and O–H groups in total. The molecule has 5 rings (SSSR count). The van der Waals surface area contributed by atoms with Crippen LogP contribution in [0.3, 0.4) is 0 Å². The van der Waals surface area contributed by atoms with Gasteiger partial charge in [-0.05, 0) is 68.5 Å². The van der Waals surface area contributed by atoms with Crippen molar-refractivity contribution in [2.45, 2.75) is 64.6 Å². The molecule has 0 saturated heterocycles. The molecule has 0 bridgehead atoms. The highest BCUT2D eigenvalue weighted by Crippen LogP contribution is 2.51. The number of benzene rings is 1. The second-order valence-corrected chi connectivity index (χ2v) is 9.64. The minimum atomic E-state index is -0.582. The molecule has 6 heteroatoms. The number of pyridine rings is 1. The minimum absolute atomic E-state index is 0.0156. The van der Waals surface area contributed by atoms with E-state index in [1.165, 1.54) is 5.56 Å². The third kappa shape index (κ3) is 2.93. The maximum absolute atomic E-state index is 13.5. The molecule has 0 saturated carbocycles. The predicted molar refractivity (Wildman–Crippen MR) is 125 cm³/mol. The fraction of sp³-hybridized carbons (Fsp3) is 0.385. The lowest BCUT2D eigenvalue weighted by atomic mass is 9.62. The molecule has 1 aromatic carbocycles. The monoisotopic (exact) mass is 427 g/mol.